The first-order valence-corrected chi connectivity index (χ1v) is 8.41. The first kappa shape index (κ1) is 15.5. The Hall–Kier alpha value is -1.40. The lowest BCUT2D eigenvalue weighted by Gasteiger charge is -2.32. The van der Waals surface area contributed by atoms with Crippen LogP contribution in [0.5, 0.6) is 0 Å². The lowest BCUT2D eigenvalue weighted by molar-refractivity contribution is -0.123. The quantitative estimate of drug-likeness (QED) is 0.832. The van der Waals surface area contributed by atoms with Crippen molar-refractivity contribution in [1.82, 2.24) is 25.3 Å². The third kappa shape index (κ3) is 4.08. The number of piperidine rings is 1. The molecule has 1 amide bonds. The minimum atomic E-state index is 0.0371. The maximum Gasteiger partial charge on any atom is 0.237 e. The van der Waals surface area contributed by atoms with Crippen LogP contribution in [0.25, 0.3) is 0 Å². The van der Waals surface area contributed by atoms with Crippen molar-refractivity contribution < 1.29 is 4.79 Å². The van der Waals surface area contributed by atoms with Crippen molar-refractivity contribution in [3.05, 3.63) is 18.0 Å². The average Bonchev–Trinajstić information content (AvgIpc) is 3.17. The van der Waals surface area contributed by atoms with Crippen LogP contribution in [0.4, 0.5) is 0 Å². The van der Waals surface area contributed by atoms with E-state index in [4.69, 9.17) is 0 Å². The van der Waals surface area contributed by atoms with Crippen LogP contribution in [0.1, 0.15) is 31.2 Å². The van der Waals surface area contributed by atoms with Gasteiger partial charge in [0.15, 0.2) is 0 Å². The topological polar surface area (TPSA) is 62.2 Å². The molecular formula is C16H27N5O. The van der Waals surface area contributed by atoms with Crippen LogP contribution in [0.3, 0.4) is 0 Å². The van der Waals surface area contributed by atoms with Crippen molar-refractivity contribution >= 4 is 5.91 Å². The summed E-state index contributed by atoms with van der Waals surface area (Å²) in [4.78, 5) is 14.5. The Morgan fingerprint density at radius 2 is 2.36 bits per heavy atom. The van der Waals surface area contributed by atoms with Crippen molar-refractivity contribution in [3.8, 4) is 0 Å². The SMILES string of the molecule is Cn1cc(CN2CCCC(CNC(=O)C3CCCN3)C2)cn1. The summed E-state index contributed by atoms with van der Waals surface area (Å²) in [5, 5.41) is 10.6. The zero-order chi connectivity index (χ0) is 15.4. The second-order valence-corrected chi connectivity index (χ2v) is 6.66. The van der Waals surface area contributed by atoms with Crippen LogP contribution in [-0.4, -0.2) is 52.8 Å². The number of carbonyl (C=O) groups is 1. The first-order valence-electron chi connectivity index (χ1n) is 8.41. The summed E-state index contributed by atoms with van der Waals surface area (Å²) >= 11 is 0. The third-order valence-electron chi connectivity index (χ3n) is 4.71. The van der Waals surface area contributed by atoms with Gasteiger partial charge in [-0.1, -0.05) is 0 Å². The molecule has 3 rings (SSSR count). The summed E-state index contributed by atoms with van der Waals surface area (Å²) in [5.41, 5.74) is 1.27. The molecular weight excluding hydrogens is 278 g/mol. The highest BCUT2D eigenvalue weighted by Gasteiger charge is 2.24. The fourth-order valence-electron chi connectivity index (χ4n) is 3.55. The van der Waals surface area contributed by atoms with Crippen LogP contribution in [-0.2, 0) is 18.4 Å². The molecule has 2 saturated heterocycles. The molecule has 0 saturated carbocycles. The molecule has 3 heterocycles. The van der Waals surface area contributed by atoms with Crippen LogP contribution >= 0.6 is 0 Å². The number of aromatic nitrogens is 2. The normalized spacial score (nSPS) is 26.2. The van der Waals surface area contributed by atoms with Gasteiger partial charge >= 0.3 is 0 Å². The van der Waals surface area contributed by atoms with Gasteiger partial charge in [0.05, 0.1) is 12.2 Å². The summed E-state index contributed by atoms with van der Waals surface area (Å²) in [6, 6.07) is 0.0371. The van der Waals surface area contributed by atoms with E-state index in [1.54, 1.807) is 0 Å². The lowest BCUT2D eigenvalue weighted by Crippen LogP contribution is -2.45. The average molecular weight is 305 g/mol. The number of hydrogen-bond acceptors (Lipinski definition) is 4. The van der Waals surface area contributed by atoms with E-state index in [9.17, 15) is 4.79 Å². The Labute approximate surface area is 132 Å². The molecule has 6 heteroatoms. The van der Waals surface area contributed by atoms with Crippen molar-refractivity contribution in [1.29, 1.82) is 0 Å². The van der Waals surface area contributed by atoms with Gasteiger partial charge in [-0.15, -0.1) is 0 Å². The molecule has 2 fully saturated rings. The molecule has 2 unspecified atom stereocenters. The molecule has 2 N–H and O–H groups in total. The van der Waals surface area contributed by atoms with Gasteiger partial charge in [-0.3, -0.25) is 14.4 Å². The van der Waals surface area contributed by atoms with Gasteiger partial charge in [-0.2, -0.15) is 5.10 Å². The van der Waals surface area contributed by atoms with E-state index in [-0.39, 0.29) is 11.9 Å². The second-order valence-electron chi connectivity index (χ2n) is 6.66. The predicted octanol–water partition coefficient (Wildman–Crippen LogP) is 0.500. The highest BCUT2D eigenvalue weighted by atomic mass is 16.2. The van der Waals surface area contributed by atoms with Crippen molar-refractivity contribution in [3.63, 3.8) is 0 Å². The standard InChI is InChI=1S/C16H27N5O/c1-20-10-14(9-19-20)12-21-7-3-4-13(11-21)8-18-16(22)15-5-2-6-17-15/h9-10,13,15,17H,2-8,11-12H2,1H3,(H,18,22). The minimum Gasteiger partial charge on any atom is -0.354 e. The Morgan fingerprint density at radius 1 is 1.45 bits per heavy atom. The van der Waals surface area contributed by atoms with Crippen LogP contribution < -0.4 is 10.6 Å². The van der Waals surface area contributed by atoms with Crippen molar-refractivity contribution in [2.45, 2.75) is 38.3 Å². The van der Waals surface area contributed by atoms with E-state index in [1.165, 1.54) is 18.4 Å². The summed E-state index contributed by atoms with van der Waals surface area (Å²) < 4.78 is 1.85. The largest absolute Gasteiger partial charge is 0.354 e. The van der Waals surface area contributed by atoms with E-state index < -0.39 is 0 Å². The van der Waals surface area contributed by atoms with Gasteiger partial charge in [0.1, 0.15) is 0 Å². The van der Waals surface area contributed by atoms with E-state index >= 15 is 0 Å². The molecule has 1 aromatic heterocycles. The molecule has 6 nitrogen and oxygen atoms in total. The fourth-order valence-corrected chi connectivity index (χ4v) is 3.55. The Bertz CT molecular complexity index is 494. The molecule has 0 radical (unpaired) electrons. The zero-order valence-corrected chi connectivity index (χ0v) is 13.4. The molecule has 2 atom stereocenters. The van der Waals surface area contributed by atoms with Crippen LogP contribution in [0, 0.1) is 5.92 Å². The first-order chi connectivity index (χ1) is 10.7. The number of rotatable bonds is 5. The number of nitrogens with zero attached hydrogens (tertiary/aromatic N) is 3. The molecule has 0 bridgehead atoms. The number of likely N-dealkylation sites (tertiary alicyclic amines) is 1. The van der Waals surface area contributed by atoms with Crippen molar-refractivity contribution in [2.24, 2.45) is 13.0 Å². The number of hydrogen-bond donors (Lipinski definition) is 2. The molecule has 22 heavy (non-hydrogen) atoms. The summed E-state index contributed by atoms with van der Waals surface area (Å²) in [6.07, 6.45) is 8.53. The van der Waals surface area contributed by atoms with Gasteiger partial charge in [-0.25, -0.2) is 0 Å². The van der Waals surface area contributed by atoms with E-state index in [1.807, 2.05) is 17.9 Å². The van der Waals surface area contributed by atoms with E-state index in [2.05, 4.69) is 26.8 Å². The fraction of sp³-hybridized carbons (Fsp3) is 0.750. The van der Waals surface area contributed by atoms with Gasteiger partial charge in [0, 0.05) is 38.4 Å². The maximum atomic E-state index is 12.1. The van der Waals surface area contributed by atoms with E-state index in [0.29, 0.717) is 5.92 Å². The third-order valence-corrected chi connectivity index (χ3v) is 4.71. The van der Waals surface area contributed by atoms with Gasteiger partial charge in [-0.05, 0) is 44.7 Å². The Kier molecular flexibility index (Phi) is 5.10. The highest BCUT2D eigenvalue weighted by molar-refractivity contribution is 5.81. The minimum absolute atomic E-state index is 0.0371. The number of aryl methyl sites for hydroxylation is 1. The Balaban J connectivity index is 1.43. The molecule has 2 aliphatic heterocycles. The lowest BCUT2D eigenvalue weighted by atomic mass is 9.97. The molecule has 0 aliphatic carbocycles. The van der Waals surface area contributed by atoms with Crippen LogP contribution in [0.2, 0.25) is 0 Å². The predicted molar refractivity (Wildman–Crippen MR) is 85.2 cm³/mol. The second kappa shape index (κ2) is 7.24. The van der Waals surface area contributed by atoms with Crippen molar-refractivity contribution in [2.75, 3.05) is 26.2 Å². The number of carbonyl (C=O) groups excluding carboxylic acids is 1. The molecule has 0 spiro atoms. The molecule has 1 aromatic rings. The monoisotopic (exact) mass is 305 g/mol. The van der Waals surface area contributed by atoms with Gasteiger partial charge < -0.3 is 10.6 Å². The summed E-state index contributed by atoms with van der Waals surface area (Å²) in [7, 11) is 1.95. The maximum absolute atomic E-state index is 12.1. The molecule has 122 valence electrons. The Morgan fingerprint density at radius 3 is 3.09 bits per heavy atom. The van der Waals surface area contributed by atoms with Gasteiger partial charge in [0.25, 0.3) is 0 Å². The van der Waals surface area contributed by atoms with Gasteiger partial charge in [0.2, 0.25) is 5.91 Å². The smallest absolute Gasteiger partial charge is 0.237 e. The zero-order valence-electron chi connectivity index (χ0n) is 13.4. The van der Waals surface area contributed by atoms with Crippen LogP contribution in [0.15, 0.2) is 12.4 Å². The summed E-state index contributed by atoms with van der Waals surface area (Å²) in [6.45, 7) is 4.94. The summed E-state index contributed by atoms with van der Waals surface area (Å²) in [5.74, 6) is 0.748. The number of amides is 1. The highest BCUT2D eigenvalue weighted by Crippen LogP contribution is 2.18. The molecule has 0 aromatic carbocycles. The number of nitrogens with one attached hydrogen (secondary N) is 2. The van der Waals surface area contributed by atoms with E-state index in [0.717, 1.165) is 45.6 Å². The molecule has 2 aliphatic rings.